The summed E-state index contributed by atoms with van der Waals surface area (Å²) in [5.41, 5.74) is 24.5. The molecule has 5 rings (SSSR count). The van der Waals surface area contributed by atoms with Crippen LogP contribution in [0.4, 0.5) is 0 Å². The molecule has 4 unspecified atom stereocenters. The van der Waals surface area contributed by atoms with E-state index in [1.807, 2.05) is 30.3 Å². The van der Waals surface area contributed by atoms with Crippen molar-refractivity contribution in [2.75, 3.05) is 19.6 Å². The summed E-state index contributed by atoms with van der Waals surface area (Å²) in [5, 5.41) is 19.7. The number of unbranched alkanes of at least 4 members (excludes halogenated alkanes) is 1. The van der Waals surface area contributed by atoms with Gasteiger partial charge in [0.2, 0.25) is 17.7 Å². The minimum atomic E-state index is -0.796. The Morgan fingerprint density at radius 2 is 1.52 bits per heavy atom. The third kappa shape index (κ3) is 10.7. The van der Waals surface area contributed by atoms with E-state index in [0.29, 0.717) is 58.2 Å². The van der Waals surface area contributed by atoms with Gasteiger partial charge in [-0.1, -0.05) is 30.3 Å². The zero-order chi connectivity index (χ0) is 33.1. The molecule has 0 spiro atoms. The normalized spacial score (nSPS) is 25.7. The van der Waals surface area contributed by atoms with Crippen LogP contribution >= 0.6 is 0 Å². The van der Waals surface area contributed by atoms with Crippen molar-refractivity contribution in [1.29, 1.82) is 5.41 Å². The van der Waals surface area contributed by atoms with Gasteiger partial charge in [-0.2, -0.15) is 0 Å². The number of nitrogens with two attached hydrogens (primary N) is 4. The highest BCUT2D eigenvalue weighted by Gasteiger charge is 2.51. The fourth-order valence-corrected chi connectivity index (χ4v) is 8.65. The number of hydrogen-bond acceptors (Lipinski definition) is 7. The number of carbonyl (C=O) groups excluding carboxylic acids is 3. The summed E-state index contributed by atoms with van der Waals surface area (Å²) < 4.78 is 0. The first-order valence-electron chi connectivity index (χ1n) is 17.3. The first-order valence-corrected chi connectivity index (χ1v) is 17.3. The van der Waals surface area contributed by atoms with Crippen LogP contribution in [0, 0.1) is 28.6 Å². The fraction of sp³-hybridized carbons (Fsp3) is 0.706. The van der Waals surface area contributed by atoms with E-state index in [0.717, 1.165) is 29.7 Å². The topological polar surface area (TPSA) is 227 Å². The lowest BCUT2D eigenvalue weighted by Gasteiger charge is -2.57. The van der Waals surface area contributed by atoms with E-state index >= 15 is 0 Å². The zero-order valence-corrected chi connectivity index (χ0v) is 27.3. The molecule has 4 saturated carbocycles. The van der Waals surface area contributed by atoms with Crippen molar-refractivity contribution >= 4 is 23.7 Å². The molecule has 0 radical (unpaired) electrons. The molecular formula is C34H57N9O3. The van der Waals surface area contributed by atoms with Crippen LogP contribution < -0.4 is 44.2 Å². The number of guanidine groups is 1. The predicted molar refractivity (Wildman–Crippen MR) is 180 cm³/mol. The Labute approximate surface area is 273 Å². The van der Waals surface area contributed by atoms with Gasteiger partial charge < -0.3 is 44.2 Å². The molecule has 0 aromatic heterocycles. The van der Waals surface area contributed by atoms with Gasteiger partial charge in [0.15, 0.2) is 5.96 Å². The number of primary amides is 1. The van der Waals surface area contributed by atoms with E-state index in [9.17, 15) is 14.4 Å². The zero-order valence-electron chi connectivity index (χ0n) is 27.3. The SMILES string of the molecule is N=C(N)NCCCC(CNC(Cc1ccccc1)C(=O)NC(CCCCN)C(N)=O)NC(=O)C(N)CC12CC3CC(CC(C3)C1)C2. The minimum Gasteiger partial charge on any atom is -0.370 e. The molecule has 46 heavy (non-hydrogen) atoms. The van der Waals surface area contributed by atoms with Gasteiger partial charge in [0.05, 0.1) is 12.1 Å². The molecule has 256 valence electrons. The van der Waals surface area contributed by atoms with Crippen LogP contribution in [0.2, 0.25) is 0 Å². The molecule has 13 N–H and O–H groups in total. The molecule has 1 aromatic carbocycles. The third-order valence-electron chi connectivity index (χ3n) is 10.4. The Morgan fingerprint density at radius 1 is 0.870 bits per heavy atom. The summed E-state index contributed by atoms with van der Waals surface area (Å²) in [7, 11) is 0. The molecule has 4 atom stereocenters. The molecule has 0 aliphatic heterocycles. The quantitative estimate of drug-likeness (QED) is 0.0566. The molecule has 0 heterocycles. The van der Waals surface area contributed by atoms with Crippen molar-refractivity contribution in [2.24, 2.45) is 46.1 Å². The van der Waals surface area contributed by atoms with Gasteiger partial charge in [-0.3, -0.25) is 19.8 Å². The monoisotopic (exact) mass is 639 g/mol. The molecule has 4 fully saturated rings. The summed E-state index contributed by atoms with van der Waals surface area (Å²) in [6.07, 6.45) is 11.8. The molecule has 4 aliphatic carbocycles. The van der Waals surface area contributed by atoms with Crippen molar-refractivity contribution in [2.45, 2.75) is 108 Å². The third-order valence-corrected chi connectivity index (χ3v) is 10.4. The van der Waals surface area contributed by atoms with Crippen molar-refractivity contribution in [1.82, 2.24) is 21.3 Å². The van der Waals surface area contributed by atoms with Crippen LogP contribution in [0.3, 0.4) is 0 Å². The smallest absolute Gasteiger partial charge is 0.240 e. The lowest BCUT2D eigenvalue weighted by molar-refractivity contribution is -0.128. The van der Waals surface area contributed by atoms with Crippen molar-refractivity contribution < 1.29 is 14.4 Å². The minimum absolute atomic E-state index is 0.105. The van der Waals surface area contributed by atoms with Crippen LogP contribution in [0.5, 0.6) is 0 Å². The molecule has 4 aliphatic rings. The lowest BCUT2D eigenvalue weighted by Crippen LogP contribution is -2.56. The number of nitrogens with one attached hydrogen (secondary N) is 5. The highest BCUT2D eigenvalue weighted by Crippen LogP contribution is 2.61. The van der Waals surface area contributed by atoms with Crippen LogP contribution in [-0.4, -0.2) is 67.5 Å². The van der Waals surface area contributed by atoms with E-state index in [-0.39, 0.29) is 29.2 Å². The molecule has 1 aromatic rings. The molecule has 0 saturated heterocycles. The summed E-state index contributed by atoms with van der Waals surface area (Å²) in [6.45, 7) is 1.30. The lowest BCUT2D eigenvalue weighted by atomic mass is 9.48. The number of amides is 3. The van der Waals surface area contributed by atoms with Gasteiger partial charge in [0.1, 0.15) is 6.04 Å². The first-order chi connectivity index (χ1) is 22.1. The summed E-state index contributed by atoms with van der Waals surface area (Å²) in [5.74, 6) is 1.17. The molecule has 12 heteroatoms. The molecule has 4 bridgehead atoms. The van der Waals surface area contributed by atoms with E-state index < -0.39 is 24.0 Å². The Balaban J connectivity index is 1.40. The average molecular weight is 640 g/mol. The van der Waals surface area contributed by atoms with Gasteiger partial charge in [-0.15, -0.1) is 0 Å². The Morgan fingerprint density at radius 3 is 2.11 bits per heavy atom. The van der Waals surface area contributed by atoms with Crippen LogP contribution in [0.1, 0.15) is 82.6 Å². The second kappa shape index (κ2) is 17.1. The Kier molecular flexibility index (Phi) is 13.2. The van der Waals surface area contributed by atoms with Crippen LogP contribution in [0.25, 0.3) is 0 Å². The molecular weight excluding hydrogens is 582 g/mol. The maximum Gasteiger partial charge on any atom is 0.240 e. The first kappa shape index (κ1) is 35.6. The molecule has 12 nitrogen and oxygen atoms in total. The van der Waals surface area contributed by atoms with E-state index in [1.165, 1.54) is 38.5 Å². The fourth-order valence-electron chi connectivity index (χ4n) is 8.65. The maximum absolute atomic E-state index is 13.6. The van der Waals surface area contributed by atoms with E-state index in [4.69, 9.17) is 28.3 Å². The highest BCUT2D eigenvalue weighted by molar-refractivity contribution is 5.89. The van der Waals surface area contributed by atoms with Gasteiger partial charge in [-0.05, 0) is 119 Å². The van der Waals surface area contributed by atoms with Gasteiger partial charge in [0.25, 0.3) is 0 Å². The highest BCUT2D eigenvalue weighted by atomic mass is 16.2. The summed E-state index contributed by atoms with van der Waals surface area (Å²) in [6, 6.07) is 7.27. The van der Waals surface area contributed by atoms with E-state index in [2.05, 4.69) is 21.3 Å². The standard InChI is InChI=1S/C34H57N9O3/c35-11-5-4-10-28(30(37)44)43-32(46)29(16-22-7-2-1-3-8-22)41-21-26(9-6-12-40-33(38)39)42-31(45)27(36)20-34-17-23-13-24(18-34)15-25(14-23)19-34/h1-3,7-8,23-29,41H,4-6,9-21,35-36H2,(H2,37,44)(H,42,45)(H,43,46)(H4,38,39,40). The molecule has 3 amide bonds. The predicted octanol–water partition coefficient (Wildman–Crippen LogP) is 0.968. The number of hydrogen-bond donors (Lipinski definition) is 9. The summed E-state index contributed by atoms with van der Waals surface area (Å²) >= 11 is 0. The van der Waals surface area contributed by atoms with Gasteiger partial charge in [0, 0.05) is 19.1 Å². The number of rotatable bonds is 20. The van der Waals surface area contributed by atoms with Gasteiger partial charge in [-0.25, -0.2) is 0 Å². The van der Waals surface area contributed by atoms with Crippen LogP contribution in [-0.2, 0) is 20.8 Å². The Bertz CT molecular complexity index is 1130. The van der Waals surface area contributed by atoms with Crippen molar-refractivity contribution in [3.63, 3.8) is 0 Å². The van der Waals surface area contributed by atoms with Gasteiger partial charge >= 0.3 is 0 Å². The second-order valence-electron chi connectivity index (χ2n) is 14.3. The maximum atomic E-state index is 13.6. The van der Waals surface area contributed by atoms with Crippen molar-refractivity contribution in [3.05, 3.63) is 35.9 Å². The average Bonchev–Trinajstić information content (AvgIpc) is 2.99. The second-order valence-corrected chi connectivity index (χ2v) is 14.3. The number of benzene rings is 1. The van der Waals surface area contributed by atoms with E-state index in [1.54, 1.807) is 0 Å². The van der Waals surface area contributed by atoms with Crippen molar-refractivity contribution in [3.8, 4) is 0 Å². The Hall–Kier alpha value is -3.22. The van der Waals surface area contributed by atoms with Crippen LogP contribution in [0.15, 0.2) is 30.3 Å². The number of carbonyl (C=O) groups is 3. The largest absolute Gasteiger partial charge is 0.370 e. The summed E-state index contributed by atoms with van der Waals surface area (Å²) in [4.78, 5) is 39.3.